The molecule has 7 nitrogen and oxygen atoms in total. The van der Waals surface area contributed by atoms with E-state index in [1.807, 2.05) is 0 Å². The second kappa shape index (κ2) is 5.43. The van der Waals surface area contributed by atoms with Crippen molar-refractivity contribution in [3.05, 3.63) is 37.1 Å². The van der Waals surface area contributed by atoms with E-state index in [0.717, 1.165) is 41.0 Å². The van der Waals surface area contributed by atoms with Gasteiger partial charge in [-0.15, -0.1) is 0 Å². The van der Waals surface area contributed by atoms with Crippen molar-refractivity contribution in [3.63, 3.8) is 0 Å². The molecule has 1 aromatic rings. The maximum Gasteiger partial charge on any atom is 0.350 e. The molecule has 0 unspecified atom stereocenters. The summed E-state index contributed by atoms with van der Waals surface area (Å²) in [6, 6.07) is 0. The fraction of sp³-hybridized carbons (Fsp3) is 0.667. The standard InChI is InChI=1S/C12H17N3O4S/c1-13-6-9(15(18)19)10(16)14(11(13)17)7-12(8-20)4-2-3-5-12/h6,20H,2-5,7-8H2,1H3. The van der Waals surface area contributed by atoms with Crippen molar-refractivity contribution >= 4 is 18.3 Å². The summed E-state index contributed by atoms with van der Waals surface area (Å²) in [5.74, 6) is 0.561. The Morgan fingerprint density at radius 1 is 1.40 bits per heavy atom. The predicted octanol–water partition coefficient (Wildman–Crippen LogP) is 0.945. The molecule has 110 valence electrons. The van der Waals surface area contributed by atoms with Crippen LogP contribution in [-0.4, -0.2) is 19.8 Å². The monoisotopic (exact) mass is 299 g/mol. The highest BCUT2D eigenvalue weighted by Crippen LogP contribution is 2.39. The summed E-state index contributed by atoms with van der Waals surface area (Å²) in [7, 11) is 1.41. The van der Waals surface area contributed by atoms with Crippen molar-refractivity contribution in [2.45, 2.75) is 32.2 Å². The number of hydrogen-bond acceptors (Lipinski definition) is 5. The van der Waals surface area contributed by atoms with Gasteiger partial charge in [-0.3, -0.25) is 24.0 Å². The first-order valence-corrected chi connectivity index (χ1v) is 7.09. The minimum Gasteiger partial charge on any atom is -0.297 e. The molecule has 1 aliphatic rings. The van der Waals surface area contributed by atoms with Gasteiger partial charge in [-0.2, -0.15) is 12.6 Å². The normalized spacial score (nSPS) is 17.3. The third-order valence-electron chi connectivity index (χ3n) is 4.00. The summed E-state index contributed by atoms with van der Waals surface area (Å²) >= 11 is 4.33. The molecule has 8 heteroatoms. The number of rotatable bonds is 4. The van der Waals surface area contributed by atoms with Gasteiger partial charge in [0.2, 0.25) is 0 Å². The summed E-state index contributed by atoms with van der Waals surface area (Å²) in [4.78, 5) is 34.3. The summed E-state index contributed by atoms with van der Waals surface area (Å²) in [6.45, 7) is 0.198. The van der Waals surface area contributed by atoms with Gasteiger partial charge in [-0.05, 0) is 24.0 Å². The zero-order valence-corrected chi connectivity index (χ0v) is 12.1. The molecule has 2 rings (SSSR count). The van der Waals surface area contributed by atoms with Crippen LogP contribution in [0.25, 0.3) is 0 Å². The van der Waals surface area contributed by atoms with Gasteiger partial charge < -0.3 is 0 Å². The molecular weight excluding hydrogens is 282 g/mol. The first-order valence-electron chi connectivity index (χ1n) is 6.46. The van der Waals surface area contributed by atoms with Crippen molar-refractivity contribution in [1.82, 2.24) is 9.13 Å². The Morgan fingerprint density at radius 3 is 2.50 bits per heavy atom. The first-order chi connectivity index (χ1) is 9.40. The van der Waals surface area contributed by atoms with Crippen LogP contribution in [0.5, 0.6) is 0 Å². The predicted molar refractivity (Wildman–Crippen MR) is 77.4 cm³/mol. The van der Waals surface area contributed by atoms with E-state index in [0.29, 0.717) is 5.75 Å². The van der Waals surface area contributed by atoms with Crippen LogP contribution in [0.3, 0.4) is 0 Å². The Bertz CT molecular complexity index is 643. The second-order valence-electron chi connectivity index (χ2n) is 5.42. The fourth-order valence-electron chi connectivity index (χ4n) is 2.80. The summed E-state index contributed by atoms with van der Waals surface area (Å²) in [5, 5.41) is 10.9. The van der Waals surface area contributed by atoms with E-state index in [-0.39, 0.29) is 12.0 Å². The Morgan fingerprint density at radius 2 is 2.00 bits per heavy atom. The zero-order chi connectivity index (χ0) is 14.9. The molecule has 1 heterocycles. The third kappa shape index (κ3) is 2.52. The quantitative estimate of drug-likeness (QED) is 0.509. The van der Waals surface area contributed by atoms with Crippen LogP contribution in [0.15, 0.2) is 15.8 Å². The number of nitrogens with zero attached hydrogens (tertiary/aromatic N) is 3. The van der Waals surface area contributed by atoms with Crippen LogP contribution < -0.4 is 11.2 Å². The van der Waals surface area contributed by atoms with Gasteiger partial charge in [0.15, 0.2) is 0 Å². The van der Waals surface area contributed by atoms with Crippen molar-refractivity contribution in [3.8, 4) is 0 Å². The molecule has 0 N–H and O–H groups in total. The molecule has 0 aromatic carbocycles. The molecule has 0 amide bonds. The molecule has 0 bridgehead atoms. The molecule has 1 aliphatic carbocycles. The number of aromatic nitrogens is 2. The molecule has 20 heavy (non-hydrogen) atoms. The van der Waals surface area contributed by atoms with Gasteiger partial charge in [-0.1, -0.05) is 12.8 Å². The molecule has 0 aliphatic heterocycles. The van der Waals surface area contributed by atoms with Crippen LogP contribution in [0.4, 0.5) is 5.69 Å². The van der Waals surface area contributed by atoms with E-state index >= 15 is 0 Å². The van der Waals surface area contributed by atoms with Gasteiger partial charge in [0.25, 0.3) is 0 Å². The largest absolute Gasteiger partial charge is 0.350 e. The van der Waals surface area contributed by atoms with Crippen LogP contribution in [-0.2, 0) is 13.6 Å². The van der Waals surface area contributed by atoms with Crippen molar-refractivity contribution < 1.29 is 4.92 Å². The van der Waals surface area contributed by atoms with Gasteiger partial charge in [0.05, 0.1) is 11.1 Å². The lowest BCUT2D eigenvalue weighted by atomic mass is 9.88. The zero-order valence-electron chi connectivity index (χ0n) is 11.2. The maximum absolute atomic E-state index is 12.1. The summed E-state index contributed by atoms with van der Waals surface area (Å²) in [5.41, 5.74) is -2.13. The van der Waals surface area contributed by atoms with Crippen LogP contribution in [0.2, 0.25) is 0 Å². The summed E-state index contributed by atoms with van der Waals surface area (Å²) < 4.78 is 2.07. The summed E-state index contributed by atoms with van der Waals surface area (Å²) in [6.07, 6.45) is 4.81. The van der Waals surface area contributed by atoms with Crippen LogP contribution in [0.1, 0.15) is 25.7 Å². The SMILES string of the molecule is Cn1cc([N+](=O)[O-])c(=O)n(CC2(CS)CCCC2)c1=O. The highest BCUT2D eigenvalue weighted by atomic mass is 32.1. The van der Waals surface area contributed by atoms with Crippen molar-refractivity contribution in [2.24, 2.45) is 12.5 Å². The fourth-order valence-corrected chi connectivity index (χ4v) is 3.22. The van der Waals surface area contributed by atoms with E-state index in [2.05, 4.69) is 12.6 Å². The lowest BCUT2D eigenvalue weighted by Crippen LogP contribution is -2.43. The van der Waals surface area contributed by atoms with E-state index in [4.69, 9.17) is 0 Å². The molecule has 0 radical (unpaired) electrons. The van der Waals surface area contributed by atoms with Gasteiger partial charge >= 0.3 is 16.9 Å². The number of hydrogen-bond donors (Lipinski definition) is 1. The average molecular weight is 299 g/mol. The average Bonchev–Trinajstić information content (AvgIpc) is 2.88. The van der Waals surface area contributed by atoms with Gasteiger partial charge in [-0.25, -0.2) is 4.79 Å². The van der Waals surface area contributed by atoms with E-state index < -0.39 is 21.9 Å². The van der Waals surface area contributed by atoms with Crippen molar-refractivity contribution in [2.75, 3.05) is 5.75 Å². The minimum atomic E-state index is -0.828. The van der Waals surface area contributed by atoms with E-state index in [9.17, 15) is 19.7 Å². The number of thiol groups is 1. The minimum absolute atomic E-state index is 0.198. The molecule has 0 spiro atoms. The van der Waals surface area contributed by atoms with E-state index in [1.165, 1.54) is 7.05 Å². The van der Waals surface area contributed by atoms with Gasteiger partial charge in [0, 0.05) is 13.6 Å². The highest BCUT2D eigenvalue weighted by Gasteiger charge is 2.34. The molecule has 1 saturated carbocycles. The Kier molecular flexibility index (Phi) is 4.03. The number of aryl methyl sites for hydroxylation is 1. The highest BCUT2D eigenvalue weighted by molar-refractivity contribution is 7.80. The first kappa shape index (κ1) is 14.8. The lowest BCUT2D eigenvalue weighted by Gasteiger charge is -2.27. The molecule has 1 fully saturated rings. The second-order valence-corrected chi connectivity index (χ2v) is 5.74. The Labute approximate surface area is 120 Å². The Hall–Kier alpha value is -1.57. The van der Waals surface area contributed by atoms with Gasteiger partial charge in [0.1, 0.15) is 0 Å². The molecule has 1 aromatic heterocycles. The molecule has 0 atom stereocenters. The van der Waals surface area contributed by atoms with Crippen LogP contribution >= 0.6 is 12.6 Å². The van der Waals surface area contributed by atoms with E-state index in [1.54, 1.807) is 0 Å². The Balaban J connectivity index is 2.54. The molecule has 0 saturated heterocycles. The number of nitro groups is 1. The lowest BCUT2D eigenvalue weighted by molar-refractivity contribution is -0.387. The topological polar surface area (TPSA) is 87.1 Å². The smallest absolute Gasteiger partial charge is 0.297 e. The van der Waals surface area contributed by atoms with Crippen molar-refractivity contribution in [1.29, 1.82) is 0 Å². The third-order valence-corrected chi connectivity index (χ3v) is 4.67. The van der Waals surface area contributed by atoms with Crippen LogP contribution in [0, 0.1) is 15.5 Å². The maximum atomic E-state index is 12.1. The molecular formula is C12H17N3O4S.